The van der Waals surface area contributed by atoms with Crippen LogP contribution < -0.4 is 0 Å². The molecular formula is C7H13Ti-. The Morgan fingerprint density at radius 2 is 1.88 bits per heavy atom. The van der Waals surface area contributed by atoms with Gasteiger partial charge in [-0.25, -0.2) is 12.2 Å². The zero-order valence-corrected chi connectivity index (χ0v) is 5.00. The average molecular weight is 145 g/mol. The standard InChI is InChI=1S/C5H5.2CH4.Ti/c1-2-4-5-3-1;;;/h1-3H,4H2;2*1H4;/q-1;;;. The summed E-state index contributed by atoms with van der Waals surface area (Å²) in [5, 5.41) is 0. The summed E-state index contributed by atoms with van der Waals surface area (Å²) in [5.74, 6) is 0. The van der Waals surface area contributed by atoms with Crippen LogP contribution >= 0.6 is 0 Å². The van der Waals surface area contributed by atoms with Crippen molar-refractivity contribution in [1.82, 2.24) is 0 Å². The first-order valence-electron chi connectivity index (χ1n) is 1.72. The van der Waals surface area contributed by atoms with Gasteiger partial charge in [-0.2, -0.15) is 6.08 Å². The van der Waals surface area contributed by atoms with E-state index in [-0.39, 0.29) is 36.6 Å². The van der Waals surface area contributed by atoms with E-state index in [0.717, 1.165) is 6.42 Å². The van der Waals surface area contributed by atoms with Gasteiger partial charge in [0.2, 0.25) is 0 Å². The summed E-state index contributed by atoms with van der Waals surface area (Å²) >= 11 is 0. The Morgan fingerprint density at radius 3 is 2.00 bits per heavy atom. The Balaban J connectivity index is -0.0000000833. The molecule has 0 aromatic carbocycles. The van der Waals surface area contributed by atoms with Crippen LogP contribution in [0.25, 0.3) is 0 Å². The molecule has 1 aliphatic rings. The molecule has 0 nitrogen and oxygen atoms in total. The molecule has 46 valence electrons. The average Bonchev–Trinajstić information content (AvgIpc) is 1.76. The largest absolute Gasteiger partial charge is 0.273 e. The Morgan fingerprint density at radius 1 is 1.25 bits per heavy atom. The molecule has 0 spiro atoms. The van der Waals surface area contributed by atoms with E-state index in [1.165, 1.54) is 0 Å². The Bertz CT molecular complexity index is 62.5. The molecule has 0 saturated heterocycles. The quantitative estimate of drug-likeness (QED) is 0.363. The Hall–Kier alpha value is 0.194. The minimum absolute atomic E-state index is 0. The topological polar surface area (TPSA) is 0 Å². The smallest absolute Gasteiger partial charge is 0 e. The molecule has 0 N–H and O–H groups in total. The summed E-state index contributed by atoms with van der Waals surface area (Å²) in [6.07, 6.45) is 10.0. The van der Waals surface area contributed by atoms with Gasteiger partial charge in [-0.1, -0.05) is 14.9 Å². The predicted molar refractivity (Wildman–Crippen MR) is 35.0 cm³/mol. The van der Waals surface area contributed by atoms with Gasteiger partial charge >= 0.3 is 0 Å². The van der Waals surface area contributed by atoms with E-state index in [0.29, 0.717) is 0 Å². The number of rotatable bonds is 0. The molecule has 0 radical (unpaired) electrons. The van der Waals surface area contributed by atoms with Crippen LogP contribution in [-0.4, -0.2) is 0 Å². The molecule has 0 fully saturated rings. The maximum absolute atomic E-state index is 2.99. The molecule has 0 heterocycles. The fraction of sp³-hybridized carbons (Fsp3) is 0.429. The van der Waals surface area contributed by atoms with Gasteiger partial charge in [-0.15, -0.1) is 6.42 Å². The van der Waals surface area contributed by atoms with Crippen molar-refractivity contribution in [2.75, 3.05) is 0 Å². The number of allylic oxidation sites excluding steroid dienone is 4. The molecule has 0 unspecified atom stereocenters. The zero-order valence-electron chi connectivity index (χ0n) is 3.44. The van der Waals surface area contributed by atoms with Gasteiger partial charge in [0.1, 0.15) is 0 Å². The first-order valence-corrected chi connectivity index (χ1v) is 1.72. The van der Waals surface area contributed by atoms with Crippen LogP contribution in [0.1, 0.15) is 21.3 Å². The van der Waals surface area contributed by atoms with Gasteiger partial charge < -0.3 is 0 Å². The predicted octanol–water partition coefficient (Wildman–Crippen LogP) is 2.58. The molecule has 0 amide bonds. The van der Waals surface area contributed by atoms with Gasteiger partial charge in [0, 0.05) is 21.7 Å². The van der Waals surface area contributed by atoms with E-state index >= 15 is 0 Å². The van der Waals surface area contributed by atoms with Gasteiger partial charge in [-0.3, -0.25) is 6.08 Å². The van der Waals surface area contributed by atoms with Crippen LogP contribution in [0.5, 0.6) is 0 Å². The van der Waals surface area contributed by atoms with Crippen LogP contribution in [-0.2, 0) is 21.7 Å². The maximum Gasteiger partial charge on any atom is 0 e. The van der Waals surface area contributed by atoms with E-state index < -0.39 is 0 Å². The minimum atomic E-state index is 0. The number of hydrogen-bond acceptors (Lipinski definition) is 0. The molecular weight excluding hydrogens is 132 g/mol. The molecule has 1 rings (SSSR count). The van der Waals surface area contributed by atoms with Gasteiger partial charge in [0.25, 0.3) is 0 Å². The van der Waals surface area contributed by atoms with Crippen molar-refractivity contribution in [2.45, 2.75) is 21.3 Å². The summed E-state index contributed by atoms with van der Waals surface area (Å²) in [4.78, 5) is 0. The van der Waals surface area contributed by atoms with Crippen LogP contribution in [0.15, 0.2) is 18.2 Å². The molecule has 0 aromatic heterocycles. The fourth-order valence-corrected chi connectivity index (χ4v) is 0.340. The molecule has 0 bridgehead atoms. The summed E-state index contributed by atoms with van der Waals surface area (Å²) in [7, 11) is 0. The van der Waals surface area contributed by atoms with Crippen LogP contribution in [0.4, 0.5) is 0 Å². The second kappa shape index (κ2) is 10.2. The van der Waals surface area contributed by atoms with Crippen molar-refractivity contribution in [1.29, 1.82) is 0 Å². The van der Waals surface area contributed by atoms with Crippen LogP contribution in [0.2, 0.25) is 0 Å². The molecule has 8 heavy (non-hydrogen) atoms. The van der Waals surface area contributed by atoms with Crippen molar-refractivity contribution < 1.29 is 21.7 Å². The van der Waals surface area contributed by atoms with Crippen LogP contribution in [0, 0.1) is 6.08 Å². The van der Waals surface area contributed by atoms with Gasteiger partial charge in [-0.05, 0) is 0 Å². The van der Waals surface area contributed by atoms with E-state index in [9.17, 15) is 0 Å². The van der Waals surface area contributed by atoms with Gasteiger partial charge in [0.05, 0.1) is 0 Å². The van der Waals surface area contributed by atoms with Crippen molar-refractivity contribution in [3.8, 4) is 0 Å². The third kappa shape index (κ3) is 6.19. The second-order valence-corrected chi connectivity index (χ2v) is 1.00. The molecule has 0 saturated carbocycles. The van der Waals surface area contributed by atoms with E-state index in [2.05, 4.69) is 12.2 Å². The normalized spacial score (nSPS) is 11.0. The van der Waals surface area contributed by atoms with E-state index in [1.807, 2.05) is 12.2 Å². The molecule has 0 atom stereocenters. The Kier molecular flexibility index (Phi) is 20.1. The van der Waals surface area contributed by atoms with Crippen molar-refractivity contribution in [3.05, 3.63) is 24.3 Å². The van der Waals surface area contributed by atoms with Crippen molar-refractivity contribution in [2.24, 2.45) is 0 Å². The van der Waals surface area contributed by atoms with Crippen molar-refractivity contribution in [3.63, 3.8) is 0 Å². The summed E-state index contributed by atoms with van der Waals surface area (Å²) in [6, 6.07) is 0. The minimum Gasteiger partial charge on any atom is -0.273 e. The molecule has 0 aromatic rings. The third-order valence-electron chi connectivity index (χ3n) is 0.586. The van der Waals surface area contributed by atoms with E-state index in [4.69, 9.17) is 0 Å². The Labute approximate surface area is 67.6 Å². The SMILES string of the molecule is C.C.[C-]1=CC=CC1.[Ti]. The second-order valence-electron chi connectivity index (χ2n) is 1.00. The van der Waals surface area contributed by atoms with Crippen LogP contribution in [0.3, 0.4) is 0 Å². The maximum atomic E-state index is 2.99. The zero-order chi connectivity index (χ0) is 3.54. The van der Waals surface area contributed by atoms with E-state index in [1.54, 1.807) is 0 Å². The first kappa shape index (κ1) is 15.7. The third-order valence-corrected chi connectivity index (χ3v) is 0.586. The molecule has 1 heteroatoms. The monoisotopic (exact) mass is 145 g/mol. The first-order chi connectivity index (χ1) is 2.50. The number of hydrogen-bond donors (Lipinski definition) is 0. The van der Waals surface area contributed by atoms with Gasteiger partial charge in [0.15, 0.2) is 0 Å². The summed E-state index contributed by atoms with van der Waals surface area (Å²) in [6.45, 7) is 0. The summed E-state index contributed by atoms with van der Waals surface area (Å²) in [5.41, 5.74) is 0. The summed E-state index contributed by atoms with van der Waals surface area (Å²) < 4.78 is 0. The fourth-order valence-electron chi connectivity index (χ4n) is 0.340. The van der Waals surface area contributed by atoms with Crippen molar-refractivity contribution >= 4 is 0 Å². The molecule has 1 aliphatic carbocycles. The molecule has 0 aliphatic heterocycles.